The molecule has 1 fully saturated rings. The molecule has 2 nitrogen and oxygen atoms in total. The summed E-state index contributed by atoms with van der Waals surface area (Å²) in [6, 6.07) is 5.31. The summed E-state index contributed by atoms with van der Waals surface area (Å²) in [4.78, 5) is 2.37. The fourth-order valence-corrected chi connectivity index (χ4v) is 2.70. The van der Waals surface area contributed by atoms with Gasteiger partial charge in [0.25, 0.3) is 0 Å². The molecular weight excluding hydrogens is 274 g/mol. The van der Waals surface area contributed by atoms with Crippen LogP contribution in [0.1, 0.15) is 24.9 Å². The molecule has 1 aliphatic rings. The van der Waals surface area contributed by atoms with Gasteiger partial charge < -0.3 is 5.32 Å². The Balaban J connectivity index is 0.00000162. The van der Waals surface area contributed by atoms with Gasteiger partial charge in [-0.1, -0.05) is 30.7 Å². The van der Waals surface area contributed by atoms with E-state index in [9.17, 15) is 4.39 Å². The van der Waals surface area contributed by atoms with Gasteiger partial charge in [-0.25, -0.2) is 4.39 Å². The van der Waals surface area contributed by atoms with Gasteiger partial charge in [0.2, 0.25) is 0 Å². The minimum atomic E-state index is -0.322. The van der Waals surface area contributed by atoms with Crippen LogP contribution in [0, 0.1) is 5.82 Å². The molecule has 0 saturated carbocycles. The van der Waals surface area contributed by atoms with E-state index >= 15 is 0 Å². The molecule has 1 saturated heterocycles. The zero-order valence-electron chi connectivity index (χ0n) is 10.5. The van der Waals surface area contributed by atoms with E-state index in [0.29, 0.717) is 0 Å². The van der Waals surface area contributed by atoms with Gasteiger partial charge in [0.1, 0.15) is 5.82 Å². The van der Waals surface area contributed by atoms with Crippen LogP contribution >= 0.6 is 24.0 Å². The van der Waals surface area contributed by atoms with Crippen LogP contribution in [-0.2, 0) is 0 Å². The Labute approximate surface area is 119 Å². The van der Waals surface area contributed by atoms with Crippen LogP contribution in [0.15, 0.2) is 18.2 Å². The van der Waals surface area contributed by atoms with Crippen molar-refractivity contribution >= 4 is 24.0 Å². The van der Waals surface area contributed by atoms with Crippen LogP contribution in [-0.4, -0.2) is 31.1 Å². The summed E-state index contributed by atoms with van der Waals surface area (Å²) in [5, 5.41) is 3.60. The first-order valence-electron chi connectivity index (χ1n) is 6.12. The Kier molecular flexibility index (Phi) is 6.36. The van der Waals surface area contributed by atoms with Gasteiger partial charge in [0.15, 0.2) is 0 Å². The molecule has 102 valence electrons. The van der Waals surface area contributed by atoms with Crippen LogP contribution in [0.5, 0.6) is 0 Å². The number of hydrogen-bond donors (Lipinski definition) is 1. The quantitative estimate of drug-likeness (QED) is 0.920. The van der Waals surface area contributed by atoms with Crippen molar-refractivity contribution in [1.29, 1.82) is 0 Å². The summed E-state index contributed by atoms with van der Waals surface area (Å²) in [6.07, 6.45) is 0.948. The van der Waals surface area contributed by atoms with Crippen molar-refractivity contribution in [2.24, 2.45) is 0 Å². The third-order valence-corrected chi connectivity index (χ3v) is 3.72. The number of rotatable bonds is 3. The first kappa shape index (κ1) is 15.7. The lowest BCUT2D eigenvalue weighted by Gasteiger charge is -2.35. The van der Waals surface area contributed by atoms with Crippen molar-refractivity contribution in [3.63, 3.8) is 0 Å². The number of benzene rings is 1. The van der Waals surface area contributed by atoms with Gasteiger partial charge in [0, 0.05) is 32.2 Å². The Morgan fingerprint density at radius 1 is 1.39 bits per heavy atom. The Hall–Kier alpha value is -0.350. The fourth-order valence-electron chi connectivity index (χ4n) is 2.45. The minimum Gasteiger partial charge on any atom is -0.314 e. The number of hydrogen-bond acceptors (Lipinski definition) is 2. The topological polar surface area (TPSA) is 15.3 Å². The van der Waals surface area contributed by atoms with Gasteiger partial charge in [-0.15, -0.1) is 12.4 Å². The van der Waals surface area contributed by atoms with Crippen LogP contribution in [0.3, 0.4) is 0 Å². The highest BCUT2D eigenvalue weighted by atomic mass is 35.5. The summed E-state index contributed by atoms with van der Waals surface area (Å²) in [5.41, 5.74) is 0.913. The van der Waals surface area contributed by atoms with Crippen LogP contribution < -0.4 is 5.32 Å². The smallest absolute Gasteiger partial charge is 0.142 e. The minimum absolute atomic E-state index is 0. The molecule has 0 spiro atoms. The summed E-state index contributed by atoms with van der Waals surface area (Å²) < 4.78 is 13.5. The van der Waals surface area contributed by atoms with Crippen LogP contribution in [0.4, 0.5) is 4.39 Å². The van der Waals surface area contributed by atoms with E-state index in [2.05, 4.69) is 17.1 Å². The molecular formula is C13H19Cl2FN2. The maximum atomic E-state index is 13.5. The standard InChI is InChI=1S/C13H18ClFN2.ClH/c1-2-12(17-8-6-16-7-9-17)10-4-3-5-11(15)13(10)14;/h3-5,12,16H,2,6-9H2,1H3;1H/t12-;/m0./s1. The van der Waals surface area contributed by atoms with E-state index in [1.54, 1.807) is 6.07 Å². The van der Waals surface area contributed by atoms with Gasteiger partial charge in [0.05, 0.1) is 5.02 Å². The molecule has 1 aliphatic heterocycles. The van der Waals surface area contributed by atoms with Crippen molar-refractivity contribution in [2.75, 3.05) is 26.2 Å². The maximum Gasteiger partial charge on any atom is 0.142 e. The third kappa shape index (κ3) is 3.35. The normalized spacial score (nSPS) is 18.2. The van der Waals surface area contributed by atoms with Crippen molar-refractivity contribution < 1.29 is 4.39 Å². The second-order valence-corrected chi connectivity index (χ2v) is 4.73. The molecule has 1 aromatic carbocycles. The van der Waals surface area contributed by atoms with E-state index in [1.165, 1.54) is 6.07 Å². The van der Waals surface area contributed by atoms with Crippen molar-refractivity contribution in [1.82, 2.24) is 10.2 Å². The molecule has 18 heavy (non-hydrogen) atoms. The predicted molar refractivity (Wildman–Crippen MR) is 76.1 cm³/mol. The lowest BCUT2D eigenvalue weighted by atomic mass is 10.0. The number of nitrogens with one attached hydrogen (secondary N) is 1. The Morgan fingerprint density at radius 2 is 2.06 bits per heavy atom. The fraction of sp³-hybridized carbons (Fsp3) is 0.538. The van der Waals surface area contributed by atoms with E-state index in [1.807, 2.05) is 6.07 Å². The average Bonchev–Trinajstić information content (AvgIpc) is 2.37. The Morgan fingerprint density at radius 3 is 2.67 bits per heavy atom. The van der Waals surface area contributed by atoms with Gasteiger partial charge in [-0.3, -0.25) is 4.90 Å². The van der Waals surface area contributed by atoms with E-state index in [-0.39, 0.29) is 29.3 Å². The maximum absolute atomic E-state index is 13.5. The third-order valence-electron chi connectivity index (χ3n) is 3.32. The van der Waals surface area contributed by atoms with Gasteiger partial charge in [-0.2, -0.15) is 0 Å². The molecule has 1 N–H and O–H groups in total. The van der Waals surface area contributed by atoms with Crippen molar-refractivity contribution in [2.45, 2.75) is 19.4 Å². The molecule has 0 amide bonds. The van der Waals surface area contributed by atoms with E-state index in [4.69, 9.17) is 11.6 Å². The van der Waals surface area contributed by atoms with E-state index < -0.39 is 0 Å². The highest BCUT2D eigenvalue weighted by Crippen LogP contribution is 2.31. The van der Waals surface area contributed by atoms with E-state index in [0.717, 1.165) is 38.2 Å². The van der Waals surface area contributed by atoms with Crippen LogP contribution in [0.2, 0.25) is 5.02 Å². The molecule has 0 bridgehead atoms. The van der Waals surface area contributed by atoms with Crippen LogP contribution in [0.25, 0.3) is 0 Å². The summed E-state index contributed by atoms with van der Waals surface area (Å²) in [5.74, 6) is -0.322. The molecule has 1 atom stereocenters. The molecule has 0 aliphatic carbocycles. The summed E-state index contributed by atoms with van der Waals surface area (Å²) >= 11 is 6.07. The second kappa shape index (κ2) is 7.29. The largest absolute Gasteiger partial charge is 0.314 e. The van der Waals surface area contributed by atoms with Crippen molar-refractivity contribution in [3.8, 4) is 0 Å². The molecule has 1 aromatic rings. The zero-order valence-corrected chi connectivity index (χ0v) is 12.0. The summed E-state index contributed by atoms with van der Waals surface area (Å²) in [7, 11) is 0. The molecule has 0 aromatic heterocycles. The summed E-state index contributed by atoms with van der Waals surface area (Å²) in [6.45, 7) is 6.08. The zero-order chi connectivity index (χ0) is 12.3. The number of nitrogens with zero attached hydrogens (tertiary/aromatic N) is 1. The predicted octanol–water partition coefficient (Wildman–Crippen LogP) is 3.26. The highest BCUT2D eigenvalue weighted by molar-refractivity contribution is 6.31. The SMILES string of the molecule is CC[C@@H](c1cccc(F)c1Cl)N1CCNCC1.Cl. The van der Waals surface area contributed by atoms with Gasteiger partial charge in [-0.05, 0) is 18.1 Å². The number of piperazine rings is 1. The molecule has 5 heteroatoms. The molecule has 0 unspecified atom stereocenters. The van der Waals surface area contributed by atoms with Gasteiger partial charge >= 0.3 is 0 Å². The highest BCUT2D eigenvalue weighted by Gasteiger charge is 2.23. The second-order valence-electron chi connectivity index (χ2n) is 4.35. The lowest BCUT2D eigenvalue weighted by molar-refractivity contribution is 0.169. The lowest BCUT2D eigenvalue weighted by Crippen LogP contribution is -2.45. The van der Waals surface area contributed by atoms with Crippen molar-refractivity contribution in [3.05, 3.63) is 34.6 Å². The molecule has 0 radical (unpaired) electrons. The Bertz CT molecular complexity index is 381. The monoisotopic (exact) mass is 292 g/mol. The molecule has 2 rings (SSSR count). The number of halogens is 3. The first-order chi connectivity index (χ1) is 8.24. The molecule has 1 heterocycles. The average molecular weight is 293 g/mol. The first-order valence-corrected chi connectivity index (χ1v) is 6.50.